The molecule has 3 unspecified atom stereocenters. The molecule has 2 rings (SSSR count). The van der Waals surface area contributed by atoms with Crippen molar-refractivity contribution in [3.63, 3.8) is 0 Å². The molecule has 0 saturated heterocycles. The maximum atomic E-state index is 4.46. The first kappa shape index (κ1) is 14.9. The largest absolute Gasteiger partial charge is 0.316 e. The summed E-state index contributed by atoms with van der Waals surface area (Å²) in [6.07, 6.45) is 3.98. The van der Waals surface area contributed by atoms with Gasteiger partial charge in [-0.2, -0.15) is 5.10 Å². The van der Waals surface area contributed by atoms with Gasteiger partial charge in [-0.3, -0.25) is 4.68 Å². The molecule has 0 aliphatic heterocycles. The zero-order valence-electron chi connectivity index (χ0n) is 12.8. The first-order valence-electron chi connectivity index (χ1n) is 7.35. The van der Waals surface area contributed by atoms with Crippen molar-refractivity contribution in [2.75, 3.05) is 7.05 Å². The van der Waals surface area contributed by atoms with Crippen LogP contribution in [0, 0.1) is 18.8 Å². The molecule has 1 heterocycles. The molecule has 1 aromatic heterocycles. The van der Waals surface area contributed by atoms with E-state index in [9.17, 15) is 0 Å². The molecule has 0 radical (unpaired) electrons. The molecular weight excluding hydrogens is 254 g/mol. The van der Waals surface area contributed by atoms with E-state index < -0.39 is 0 Å². The average molecular weight is 281 g/mol. The van der Waals surface area contributed by atoms with Gasteiger partial charge in [0.15, 0.2) is 0 Å². The Labute approximate surface area is 121 Å². The molecule has 0 amide bonds. The van der Waals surface area contributed by atoms with Crippen LogP contribution in [0.2, 0.25) is 0 Å². The number of hydrogen-bond donors (Lipinski definition) is 1. The monoisotopic (exact) mass is 281 g/mol. The van der Waals surface area contributed by atoms with Crippen LogP contribution in [-0.2, 0) is 7.05 Å². The summed E-state index contributed by atoms with van der Waals surface area (Å²) in [5, 5.41) is 9.93. The van der Waals surface area contributed by atoms with E-state index in [0.717, 1.165) is 17.5 Å². The number of nitrogens with zero attached hydrogens (tertiary/aromatic N) is 2. The Morgan fingerprint density at radius 2 is 2.16 bits per heavy atom. The Balaban J connectivity index is 2.08. The molecule has 3 nitrogen and oxygen atoms in total. The maximum absolute atomic E-state index is 4.46. The van der Waals surface area contributed by atoms with E-state index in [1.165, 1.54) is 24.3 Å². The third kappa shape index (κ3) is 3.54. The summed E-state index contributed by atoms with van der Waals surface area (Å²) in [7, 11) is 4.15. The first-order chi connectivity index (χ1) is 9.01. The highest BCUT2D eigenvalue weighted by Crippen LogP contribution is 2.39. The lowest BCUT2D eigenvalue weighted by atomic mass is 9.79. The van der Waals surface area contributed by atoms with Gasteiger partial charge < -0.3 is 5.32 Å². The number of rotatable bonds is 4. The predicted octanol–water partition coefficient (Wildman–Crippen LogP) is 3.23. The quantitative estimate of drug-likeness (QED) is 0.919. The fourth-order valence-electron chi connectivity index (χ4n) is 3.08. The van der Waals surface area contributed by atoms with Gasteiger partial charge in [0.25, 0.3) is 0 Å². The van der Waals surface area contributed by atoms with Crippen molar-refractivity contribution in [1.29, 1.82) is 0 Å². The van der Waals surface area contributed by atoms with Gasteiger partial charge in [0.05, 0.1) is 10.7 Å². The Morgan fingerprint density at radius 1 is 1.42 bits per heavy atom. The molecule has 1 aliphatic rings. The SMILES string of the molecule is CNC1CCC(C(C)C)CC1Sc1cc(C)nn1C. The maximum Gasteiger partial charge on any atom is 0.0942 e. The molecule has 19 heavy (non-hydrogen) atoms. The highest BCUT2D eigenvalue weighted by atomic mass is 32.2. The van der Waals surface area contributed by atoms with Crippen LogP contribution in [0.25, 0.3) is 0 Å². The lowest BCUT2D eigenvalue weighted by molar-refractivity contribution is 0.251. The van der Waals surface area contributed by atoms with Crippen LogP contribution in [0.15, 0.2) is 11.1 Å². The molecule has 108 valence electrons. The summed E-state index contributed by atoms with van der Waals surface area (Å²) < 4.78 is 2.02. The summed E-state index contributed by atoms with van der Waals surface area (Å²) in [5.41, 5.74) is 1.11. The molecule has 4 heteroatoms. The molecule has 1 aliphatic carbocycles. The van der Waals surface area contributed by atoms with Gasteiger partial charge in [-0.05, 0) is 51.1 Å². The Kier molecular flexibility index (Phi) is 4.96. The van der Waals surface area contributed by atoms with Gasteiger partial charge in [0.1, 0.15) is 0 Å². The molecule has 1 saturated carbocycles. The van der Waals surface area contributed by atoms with Crippen LogP contribution in [0.4, 0.5) is 0 Å². The van der Waals surface area contributed by atoms with Crippen molar-refractivity contribution in [3.05, 3.63) is 11.8 Å². The van der Waals surface area contributed by atoms with E-state index >= 15 is 0 Å². The summed E-state index contributed by atoms with van der Waals surface area (Å²) in [6.45, 7) is 6.79. The lowest BCUT2D eigenvalue weighted by Crippen LogP contribution is -2.41. The number of aromatic nitrogens is 2. The zero-order chi connectivity index (χ0) is 14.0. The summed E-state index contributed by atoms with van der Waals surface area (Å²) in [5.74, 6) is 1.67. The van der Waals surface area contributed by atoms with Crippen LogP contribution in [0.1, 0.15) is 38.8 Å². The van der Waals surface area contributed by atoms with Crippen LogP contribution >= 0.6 is 11.8 Å². The third-order valence-electron chi connectivity index (χ3n) is 4.38. The molecule has 1 N–H and O–H groups in total. The highest BCUT2D eigenvalue weighted by molar-refractivity contribution is 7.99. The minimum atomic E-state index is 0.634. The minimum Gasteiger partial charge on any atom is -0.316 e. The average Bonchev–Trinajstić information content (AvgIpc) is 2.67. The standard InChI is InChI=1S/C15H27N3S/c1-10(2)12-6-7-13(16-4)14(9-12)19-15-8-11(3)17-18(15)5/h8,10,12-14,16H,6-7,9H2,1-5H3. The Bertz CT molecular complexity index is 414. The second-order valence-electron chi connectivity index (χ2n) is 6.12. The zero-order valence-corrected chi connectivity index (χ0v) is 13.6. The van der Waals surface area contributed by atoms with Crippen LogP contribution in [0.5, 0.6) is 0 Å². The molecule has 1 aromatic rings. The number of nitrogens with one attached hydrogen (secondary N) is 1. The molecule has 0 bridgehead atoms. The van der Waals surface area contributed by atoms with Crippen LogP contribution < -0.4 is 5.32 Å². The molecule has 1 fully saturated rings. The first-order valence-corrected chi connectivity index (χ1v) is 8.23. The lowest BCUT2D eigenvalue weighted by Gasteiger charge is -2.37. The Morgan fingerprint density at radius 3 is 2.68 bits per heavy atom. The number of thioether (sulfide) groups is 1. The predicted molar refractivity (Wildman–Crippen MR) is 82.6 cm³/mol. The topological polar surface area (TPSA) is 29.9 Å². The highest BCUT2D eigenvalue weighted by Gasteiger charge is 2.32. The normalized spacial score (nSPS) is 28.0. The van der Waals surface area contributed by atoms with Gasteiger partial charge in [-0.1, -0.05) is 13.8 Å². The number of aryl methyl sites for hydroxylation is 2. The second-order valence-corrected chi connectivity index (χ2v) is 7.38. The van der Waals surface area contributed by atoms with E-state index in [2.05, 4.69) is 44.3 Å². The van der Waals surface area contributed by atoms with E-state index in [-0.39, 0.29) is 0 Å². The summed E-state index contributed by atoms with van der Waals surface area (Å²) in [4.78, 5) is 0. The van der Waals surface area contributed by atoms with Crippen molar-refractivity contribution in [1.82, 2.24) is 15.1 Å². The van der Waals surface area contributed by atoms with Gasteiger partial charge in [0.2, 0.25) is 0 Å². The van der Waals surface area contributed by atoms with Crippen molar-refractivity contribution in [2.45, 2.75) is 56.4 Å². The second kappa shape index (κ2) is 6.31. The van der Waals surface area contributed by atoms with E-state index in [4.69, 9.17) is 0 Å². The van der Waals surface area contributed by atoms with Gasteiger partial charge in [-0.15, -0.1) is 11.8 Å². The third-order valence-corrected chi connectivity index (χ3v) is 5.82. The fourth-order valence-corrected chi connectivity index (χ4v) is 4.60. The van der Waals surface area contributed by atoms with Crippen LogP contribution in [-0.4, -0.2) is 28.1 Å². The fraction of sp³-hybridized carbons (Fsp3) is 0.800. The van der Waals surface area contributed by atoms with Crippen molar-refractivity contribution >= 4 is 11.8 Å². The van der Waals surface area contributed by atoms with E-state index in [1.807, 2.05) is 23.5 Å². The summed E-state index contributed by atoms with van der Waals surface area (Å²) in [6, 6.07) is 2.84. The smallest absolute Gasteiger partial charge is 0.0942 e. The molecular formula is C15H27N3S. The van der Waals surface area contributed by atoms with Crippen molar-refractivity contribution < 1.29 is 0 Å². The molecule has 3 atom stereocenters. The van der Waals surface area contributed by atoms with Gasteiger partial charge in [0, 0.05) is 18.3 Å². The van der Waals surface area contributed by atoms with Crippen molar-refractivity contribution in [2.24, 2.45) is 18.9 Å². The Hall–Kier alpha value is -0.480. The van der Waals surface area contributed by atoms with Crippen molar-refractivity contribution in [3.8, 4) is 0 Å². The van der Waals surface area contributed by atoms with E-state index in [0.29, 0.717) is 11.3 Å². The minimum absolute atomic E-state index is 0.634. The molecule has 0 aromatic carbocycles. The van der Waals surface area contributed by atoms with E-state index in [1.54, 1.807) is 0 Å². The van der Waals surface area contributed by atoms with Crippen LogP contribution in [0.3, 0.4) is 0 Å². The van der Waals surface area contributed by atoms with Gasteiger partial charge >= 0.3 is 0 Å². The molecule has 0 spiro atoms. The van der Waals surface area contributed by atoms with Gasteiger partial charge in [-0.25, -0.2) is 0 Å². The number of hydrogen-bond acceptors (Lipinski definition) is 3. The summed E-state index contributed by atoms with van der Waals surface area (Å²) >= 11 is 2.00.